The van der Waals surface area contributed by atoms with E-state index in [0.29, 0.717) is 5.92 Å². The van der Waals surface area contributed by atoms with Gasteiger partial charge in [-0.3, -0.25) is 5.10 Å². The number of nitrogens with one attached hydrogen (secondary N) is 1. The first-order valence-corrected chi connectivity index (χ1v) is 7.72. The monoisotopic (exact) mass is 260 g/mol. The van der Waals surface area contributed by atoms with Crippen LogP contribution in [0.4, 0.5) is 0 Å². The highest BCUT2D eigenvalue weighted by Crippen LogP contribution is 2.59. The second-order valence-electron chi connectivity index (χ2n) is 7.72. The lowest BCUT2D eigenvalue weighted by Gasteiger charge is -2.53. The summed E-state index contributed by atoms with van der Waals surface area (Å²) >= 11 is 0. The molecule has 4 bridgehead atoms. The van der Waals surface area contributed by atoms with Crippen molar-refractivity contribution in [3.8, 4) is 0 Å². The summed E-state index contributed by atoms with van der Waals surface area (Å²) in [6, 6.07) is 0. The van der Waals surface area contributed by atoms with Gasteiger partial charge in [-0.15, -0.1) is 0 Å². The topological polar surface area (TPSA) is 67.6 Å². The largest absolute Gasteiger partial charge is 0.319 e. The molecule has 5 rings (SSSR count). The number of nitrogens with zero attached hydrogens (tertiary/aromatic N) is 2. The Hall–Kier alpha value is -0.900. The lowest BCUT2D eigenvalue weighted by atomic mass is 9.52. The van der Waals surface area contributed by atoms with Crippen molar-refractivity contribution in [2.75, 3.05) is 0 Å². The minimum Gasteiger partial charge on any atom is -0.319 e. The second-order valence-corrected chi connectivity index (χ2v) is 7.72. The molecule has 0 aliphatic heterocycles. The number of hydrogen-bond donors (Lipinski definition) is 2. The molecule has 4 nitrogen and oxygen atoms in total. The van der Waals surface area contributed by atoms with E-state index in [1.165, 1.54) is 32.1 Å². The fraction of sp³-hybridized carbons (Fsp3) is 0.867. The van der Waals surface area contributed by atoms with Crippen LogP contribution in [0, 0.1) is 23.7 Å². The third-order valence-electron chi connectivity index (χ3n) is 5.62. The standard InChI is InChI=1S/C15H24N4/c1-15(2,16)14-17-13(18-19-14)12-10-4-8-3-9(6-10)7-11(12)5-8/h8-12H,3-7,16H2,1-2H3,(H,17,18,19). The van der Waals surface area contributed by atoms with Crippen LogP contribution in [0.1, 0.15) is 63.5 Å². The van der Waals surface area contributed by atoms with Crippen molar-refractivity contribution in [3.05, 3.63) is 11.6 Å². The third-order valence-corrected chi connectivity index (χ3v) is 5.62. The lowest BCUT2D eigenvalue weighted by molar-refractivity contribution is -0.00557. The highest BCUT2D eigenvalue weighted by Gasteiger charge is 2.49. The molecule has 19 heavy (non-hydrogen) atoms. The van der Waals surface area contributed by atoms with Gasteiger partial charge in [-0.05, 0) is 69.6 Å². The van der Waals surface area contributed by atoms with Crippen molar-refractivity contribution in [2.24, 2.45) is 29.4 Å². The van der Waals surface area contributed by atoms with Crippen LogP contribution in [0.2, 0.25) is 0 Å². The van der Waals surface area contributed by atoms with E-state index in [2.05, 4.69) is 10.2 Å². The van der Waals surface area contributed by atoms with Gasteiger partial charge in [0.25, 0.3) is 0 Å². The number of aromatic amines is 1. The van der Waals surface area contributed by atoms with Gasteiger partial charge >= 0.3 is 0 Å². The minimum absolute atomic E-state index is 0.444. The molecule has 4 heteroatoms. The quantitative estimate of drug-likeness (QED) is 0.858. The molecule has 0 radical (unpaired) electrons. The molecule has 0 aromatic carbocycles. The average Bonchev–Trinajstić information content (AvgIpc) is 2.76. The molecule has 0 unspecified atom stereocenters. The smallest absolute Gasteiger partial charge is 0.169 e. The maximum atomic E-state index is 6.10. The average molecular weight is 260 g/mol. The van der Waals surface area contributed by atoms with Crippen LogP contribution in [-0.2, 0) is 5.54 Å². The molecule has 0 atom stereocenters. The van der Waals surface area contributed by atoms with Crippen molar-refractivity contribution in [3.63, 3.8) is 0 Å². The summed E-state index contributed by atoms with van der Waals surface area (Å²) in [6.45, 7) is 3.94. The van der Waals surface area contributed by atoms with E-state index in [1.807, 2.05) is 13.8 Å². The first kappa shape index (κ1) is 11.9. The predicted octanol–water partition coefficient (Wildman–Crippen LogP) is 2.54. The van der Waals surface area contributed by atoms with Crippen molar-refractivity contribution in [1.82, 2.24) is 15.2 Å². The van der Waals surface area contributed by atoms with E-state index >= 15 is 0 Å². The van der Waals surface area contributed by atoms with Gasteiger partial charge in [-0.25, -0.2) is 4.98 Å². The molecule has 1 heterocycles. The molecule has 0 amide bonds. The Labute approximate surface area is 114 Å². The van der Waals surface area contributed by atoms with Crippen LogP contribution in [0.3, 0.4) is 0 Å². The molecular formula is C15H24N4. The van der Waals surface area contributed by atoms with E-state index in [0.717, 1.165) is 35.3 Å². The van der Waals surface area contributed by atoms with E-state index < -0.39 is 5.54 Å². The lowest BCUT2D eigenvalue weighted by Crippen LogP contribution is -2.44. The van der Waals surface area contributed by atoms with Gasteiger partial charge in [-0.2, -0.15) is 5.10 Å². The van der Waals surface area contributed by atoms with Crippen LogP contribution >= 0.6 is 0 Å². The predicted molar refractivity (Wildman–Crippen MR) is 73.4 cm³/mol. The van der Waals surface area contributed by atoms with E-state index in [1.54, 1.807) is 0 Å². The number of aromatic nitrogens is 3. The van der Waals surface area contributed by atoms with Crippen LogP contribution in [-0.4, -0.2) is 15.2 Å². The fourth-order valence-electron chi connectivity index (χ4n) is 5.08. The number of nitrogens with two attached hydrogens (primary N) is 1. The molecule has 0 spiro atoms. The molecule has 4 aliphatic carbocycles. The molecule has 1 aromatic rings. The normalized spacial score (nSPS) is 40.9. The summed E-state index contributed by atoms with van der Waals surface area (Å²) in [4.78, 5) is 4.74. The highest BCUT2D eigenvalue weighted by atomic mass is 15.2. The molecule has 4 fully saturated rings. The van der Waals surface area contributed by atoms with Crippen molar-refractivity contribution in [2.45, 2.75) is 57.4 Å². The summed E-state index contributed by atoms with van der Waals surface area (Å²) in [6.07, 6.45) is 7.16. The molecule has 4 aliphatic rings. The highest BCUT2D eigenvalue weighted by molar-refractivity contribution is 5.12. The third kappa shape index (κ3) is 1.83. The zero-order valence-corrected chi connectivity index (χ0v) is 11.9. The summed E-state index contributed by atoms with van der Waals surface area (Å²) in [5.74, 6) is 6.20. The summed E-state index contributed by atoms with van der Waals surface area (Å²) in [7, 11) is 0. The van der Waals surface area contributed by atoms with Gasteiger partial charge in [0.1, 0.15) is 5.82 Å². The van der Waals surface area contributed by atoms with E-state index in [9.17, 15) is 0 Å². The molecule has 4 saturated carbocycles. The van der Waals surface area contributed by atoms with Gasteiger partial charge < -0.3 is 5.73 Å². The second kappa shape index (κ2) is 3.81. The van der Waals surface area contributed by atoms with Crippen LogP contribution < -0.4 is 5.73 Å². The van der Waals surface area contributed by atoms with E-state index in [4.69, 9.17) is 10.7 Å². The van der Waals surface area contributed by atoms with Crippen molar-refractivity contribution < 1.29 is 0 Å². The molecular weight excluding hydrogens is 236 g/mol. The molecule has 104 valence electrons. The van der Waals surface area contributed by atoms with Gasteiger partial charge in [0.15, 0.2) is 5.82 Å². The first-order chi connectivity index (χ1) is 9.00. The maximum Gasteiger partial charge on any atom is 0.169 e. The van der Waals surface area contributed by atoms with Crippen molar-refractivity contribution >= 4 is 0 Å². The summed E-state index contributed by atoms with van der Waals surface area (Å²) < 4.78 is 0. The Morgan fingerprint density at radius 2 is 1.63 bits per heavy atom. The zero-order chi connectivity index (χ0) is 13.2. The summed E-state index contributed by atoms with van der Waals surface area (Å²) in [5.41, 5.74) is 5.66. The molecule has 3 N–H and O–H groups in total. The SMILES string of the molecule is CC(C)(N)c1n[nH]c(C2C3CC4CC(C3)CC2C4)n1. The number of rotatable bonds is 2. The summed E-state index contributed by atoms with van der Waals surface area (Å²) in [5, 5.41) is 7.56. The first-order valence-electron chi connectivity index (χ1n) is 7.72. The van der Waals surface area contributed by atoms with Crippen LogP contribution in [0.25, 0.3) is 0 Å². The van der Waals surface area contributed by atoms with Gasteiger partial charge in [0.05, 0.1) is 5.54 Å². The zero-order valence-electron chi connectivity index (χ0n) is 11.9. The Morgan fingerprint density at radius 3 is 2.11 bits per heavy atom. The Kier molecular flexibility index (Phi) is 2.39. The van der Waals surface area contributed by atoms with Crippen LogP contribution in [0.15, 0.2) is 0 Å². The minimum atomic E-state index is -0.444. The molecule has 0 saturated heterocycles. The Balaban J connectivity index is 1.64. The fourth-order valence-corrected chi connectivity index (χ4v) is 5.08. The van der Waals surface area contributed by atoms with Crippen molar-refractivity contribution in [1.29, 1.82) is 0 Å². The number of hydrogen-bond acceptors (Lipinski definition) is 3. The van der Waals surface area contributed by atoms with Crippen LogP contribution in [0.5, 0.6) is 0 Å². The van der Waals surface area contributed by atoms with Gasteiger partial charge in [0, 0.05) is 5.92 Å². The number of H-pyrrole nitrogens is 1. The Morgan fingerprint density at radius 1 is 1.05 bits per heavy atom. The maximum absolute atomic E-state index is 6.10. The molecule has 1 aromatic heterocycles. The van der Waals surface area contributed by atoms with Gasteiger partial charge in [-0.1, -0.05) is 0 Å². The van der Waals surface area contributed by atoms with Gasteiger partial charge in [0.2, 0.25) is 0 Å². The Bertz CT molecular complexity index is 457. The van der Waals surface area contributed by atoms with E-state index in [-0.39, 0.29) is 0 Å².